The molecule has 1 aliphatic heterocycles. The molecular formula is C16H19ClN4O. The lowest BCUT2D eigenvalue weighted by molar-refractivity contribution is 0.0709. The number of halogens is 1. The summed E-state index contributed by atoms with van der Waals surface area (Å²) in [7, 11) is 1.83. The predicted molar refractivity (Wildman–Crippen MR) is 87.5 cm³/mol. The molecule has 0 spiro atoms. The Morgan fingerprint density at radius 2 is 2.27 bits per heavy atom. The first-order valence-corrected chi connectivity index (χ1v) is 7.68. The number of fused-ring (bicyclic) bond motifs is 1. The van der Waals surface area contributed by atoms with Crippen molar-refractivity contribution in [3.8, 4) is 0 Å². The van der Waals surface area contributed by atoms with Crippen molar-refractivity contribution in [2.75, 3.05) is 18.9 Å². The number of carbonyl (C=O) groups excluding carboxylic acids is 1. The maximum absolute atomic E-state index is 12.8. The second-order valence-electron chi connectivity index (χ2n) is 5.73. The van der Waals surface area contributed by atoms with Crippen molar-refractivity contribution in [3.63, 3.8) is 0 Å². The maximum Gasteiger partial charge on any atom is 0.254 e. The van der Waals surface area contributed by atoms with Crippen LogP contribution in [0.1, 0.15) is 40.2 Å². The van der Waals surface area contributed by atoms with Crippen LogP contribution in [0.4, 0.5) is 5.69 Å². The predicted octanol–water partition coefficient (Wildman–Crippen LogP) is 3.17. The van der Waals surface area contributed by atoms with Gasteiger partial charge in [-0.2, -0.15) is 0 Å². The molecule has 1 amide bonds. The number of aromatic nitrogens is 2. The Morgan fingerprint density at radius 3 is 2.91 bits per heavy atom. The van der Waals surface area contributed by atoms with Crippen molar-refractivity contribution >= 4 is 23.2 Å². The van der Waals surface area contributed by atoms with Crippen LogP contribution in [0, 0.1) is 6.92 Å². The number of hydrogen-bond acceptors (Lipinski definition) is 3. The summed E-state index contributed by atoms with van der Waals surface area (Å²) >= 11 is 6.24. The second-order valence-corrected chi connectivity index (χ2v) is 6.14. The Labute approximate surface area is 134 Å². The highest BCUT2D eigenvalue weighted by molar-refractivity contribution is 6.33. The van der Waals surface area contributed by atoms with Crippen molar-refractivity contribution in [1.29, 1.82) is 0 Å². The van der Waals surface area contributed by atoms with Gasteiger partial charge in [-0.1, -0.05) is 18.5 Å². The van der Waals surface area contributed by atoms with Crippen LogP contribution in [0.3, 0.4) is 0 Å². The van der Waals surface area contributed by atoms with E-state index in [0.29, 0.717) is 23.7 Å². The number of amides is 1. The van der Waals surface area contributed by atoms with E-state index < -0.39 is 0 Å². The number of carbonyl (C=O) groups is 1. The standard InChI is InChI=1S/C16H19ClN4O/c1-9-6-21(7-15-10(2)19-8-20-15)16(22)12-4-13(17)14(18-3)5-11(9)12/h4-5,8-9,18H,6-7H2,1-3H3,(H,19,20). The maximum atomic E-state index is 12.8. The van der Waals surface area contributed by atoms with Crippen molar-refractivity contribution in [3.05, 3.63) is 46.0 Å². The van der Waals surface area contributed by atoms with E-state index in [9.17, 15) is 4.79 Å². The van der Waals surface area contributed by atoms with Crippen molar-refractivity contribution in [2.24, 2.45) is 0 Å². The Bertz CT molecular complexity index is 725. The zero-order valence-corrected chi connectivity index (χ0v) is 13.7. The number of H-pyrrole nitrogens is 1. The van der Waals surface area contributed by atoms with E-state index in [2.05, 4.69) is 22.2 Å². The van der Waals surface area contributed by atoms with E-state index in [0.717, 1.165) is 22.6 Å². The Kier molecular flexibility index (Phi) is 3.83. The lowest BCUT2D eigenvalue weighted by Crippen LogP contribution is -2.39. The molecule has 22 heavy (non-hydrogen) atoms. The van der Waals surface area contributed by atoms with Crippen LogP contribution in [0.15, 0.2) is 18.5 Å². The summed E-state index contributed by atoms with van der Waals surface area (Å²) < 4.78 is 0. The fraction of sp³-hybridized carbons (Fsp3) is 0.375. The lowest BCUT2D eigenvalue weighted by Gasteiger charge is -2.33. The van der Waals surface area contributed by atoms with Gasteiger partial charge < -0.3 is 15.2 Å². The number of nitrogens with one attached hydrogen (secondary N) is 2. The van der Waals surface area contributed by atoms with Crippen LogP contribution in [-0.2, 0) is 6.54 Å². The molecule has 0 saturated heterocycles. The third-order valence-corrected chi connectivity index (χ3v) is 4.54. The van der Waals surface area contributed by atoms with Crippen LogP contribution < -0.4 is 5.32 Å². The molecule has 116 valence electrons. The van der Waals surface area contributed by atoms with Crippen molar-refractivity contribution in [2.45, 2.75) is 26.3 Å². The Morgan fingerprint density at radius 1 is 1.50 bits per heavy atom. The highest BCUT2D eigenvalue weighted by atomic mass is 35.5. The first-order chi connectivity index (χ1) is 10.5. The third kappa shape index (κ3) is 2.46. The molecule has 2 aromatic rings. The second kappa shape index (κ2) is 5.65. The summed E-state index contributed by atoms with van der Waals surface area (Å²) in [6.07, 6.45) is 1.66. The highest BCUT2D eigenvalue weighted by Crippen LogP contribution is 2.35. The summed E-state index contributed by atoms with van der Waals surface area (Å²) in [5.41, 5.74) is 4.50. The number of rotatable bonds is 3. The van der Waals surface area contributed by atoms with Crippen molar-refractivity contribution in [1.82, 2.24) is 14.9 Å². The molecule has 1 unspecified atom stereocenters. The number of imidazole rings is 1. The molecule has 0 fully saturated rings. The average Bonchev–Trinajstić information content (AvgIpc) is 2.89. The average molecular weight is 319 g/mol. The summed E-state index contributed by atoms with van der Waals surface area (Å²) in [5, 5.41) is 3.63. The summed E-state index contributed by atoms with van der Waals surface area (Å²) in [4.78, 5) is 21.9. The molecule has 1 aromatic carbocycles. The third-order valence-electron chi connectivity index (χ3n) is 4.23. The van der Waals surface area contributed by atoms with E-state index in [-0.39, 0.29) is 11.8 Å². The number of anilines is 1. The monoisotopic (exact) mass is 318 g/mol. The van der Waals surface area contributed by atoms with Crippen LogP contribution in [0.5, 0.6) is 0 Å². The quantitative estimate of drug-likeness (QED) is 0.913. The highest BCUT2D eigenvalue weighted by Gasteiger charge is 2.30. The van der Waals surface area contributed by atoms with Crippen LogP contribution in [-0.4, -0.2) is 34.4 Å². The molecule has 0 saturated carbocycles. The molecule has 2 N–H and O–H groups in total. The number of hydrogen-bond donors (Lipinski definition) is 2. The Balaban J connectivity index is 1.95. The van der Waals surface area contributed by atoms with E-state index in [1.54, 1.807) is 12.4 Å². The smallest absolute Gasteiger partial charge is 0.254 e. The van der Waals surface area contributed by atoms with Gasteiger partial charge in [0.05, 0.1) is 29.3 Å². The molecular weight excluding hydrogens is 300 g/mol. The van der Waals surface area contributed by atoms with Gasteiger partial charge in [-0.25, -0.2) is 4.98 Å². The molecule has 5 nitrogen and oxygen atoms in total. The van der Waals surface area contributed by atoms with E-state index in [1.807, 2.05) is 24.9 Å². The molecule has 1 aliphatic rings. The van der Waals surface area contributed by atoms with Crippen molar-refractivity contribution < 1.29 is 4.79 Å². The van der Waals surface area contributed by atoms with Gasteiger partial charge in [-0.3, -0.25) is 4.79 Å². The largest absolute Gasteiger partial charge is 0.387 e. The van der Waals surface area contributed by atoms with Gasteiger partial charge in [0, 0.05) is 24.8 Å². The normalized spacial score (nSPS) is 17.5. The van der Waals surface area contributed by atoms with Gasteiger partial charge >= 0.3 is 0 Å². The zero-order valence-electron chi connectivity index (χ0n) is 12.9. The van der Waals surface area contributed by atoms with Gasteiger partial charge in [-0.05, 0) is 30.5 Å². The molecule has 1 aromatic heterocycles. The minimum absolute atomic E-state index is 0.0139. The molecule has 3 rings (SSSR count). The topological polar surface area (TPSA) is 61.0 Å². The molecule has 0 bridgehead atoms. The van der Waals surface area contributed by atoms with E-state index >= 15 is 0 Å². The number of nitrogens with zero attached hydrogens (tertiary/aromatic N) is 2. The van der Waals surface area contributed by atoms with Crippen LogP contribution in [0.25, 0.3) is 0 Å². The number of benzene rings is 1. The Hall–Kier alpha value is -2.01. The number of aryl methyl sites for hydroxylation is 1. The van der Waals surface area contributed by atoms with Crippen LogP contribution >= 0.6 is 11.6 Å². The number of aromatic amines is 1. The molecule has 6 heteroatoms. The van der Waals surface area contributed by atoms with Gasteiger partial charge in [0.1, 0.15) is 0 Å². The fourth-order valence-electron chi connectivity index (χ4n) is 2.92. The summed E-state index contributed by atoms with van der Waals surface area (Å²) in [6, 6.07) is 3.75. The minimum Gasteiger partial charge on any atom is -0.387 e. The van der Waals surface area contributed by atoms with Gasteiger partial charge in [0.2, 0.25) is 0 Å². The van der Waals surface area contributed by atoms with E-state index in [1.165, 1.54) is 0 Å². The molecule has 2 heterocycles. The summed E-state index contributed by atoms with van der Waals surface area (Å²) in [6.45, 7) is 5.29. The summed E-state index contributed by atoms with van der Waals surface area (Å²) in [5.74, 6) is 0.274. The van der Waals surface area contributed by atoms with Gasteiger partial charge in [0.25, 0.3) is 5.91 Å². The lowest BCUT2D eigenvalue weighted by atomic mass is 9.90. The minimum atomic E-state index is 0.0139. The van der Waals surface area contributed by atoms with Crippen LogP contribution in [0.2, 0.25) is 5.02 Å². The molecule has 1 atom stereocenters. The molecule has 0 aliphatic carbocycles. The van der Waals surface area contributed by atoms with Gasteiger partial charge in [0.15, 0.2) is 0 Å². The molecule has 0 radical (unpaired) electrons. The van der Waals surface area contributed by atoms with E-state index in [4.69, 9.17) is 11.6 Å². The SMILES string of the molecule is CNc1cc2c(cc1Cl)C(=O)N(Cc1nc[nH]c1C)CC2C. The first kappa shape index (κ1) is 14.9. The zero-order chi connectivity index (χ0) is 15.9. The first-order valence-electron chi connectivity index (χ1n) is 7.30. The van der Waals surface area contributed by atoms with Gasteiger partial charge in [-0.15, -0.1) is 0 Å². The fourth-order valence-corrected chi connectivity index (χ4v) is 3.18.